The molecule has 3 nitrogen and oxygen atoms in total. The van der Waals surface area contributed by atoms with E-state index in [9.17, 15) is 0 Å². The molecule has 1 aliphatic carbocycles. The van der Waals surface area contributed by atoms with Gasteiger partial charge in [0.05, 0.1) is 6.04 Å². The van der Waals surface area contributed by atoms with Gasteiger partial charge in [-0.2, -0.15) is 0 Å². The standard InChI is InChI=1S/C12H12BNO2/c15-13(16)11-7-5-10(6-8-11)9-14-12-3-1-2-4-12/h1-9,12,15-16H. The Balaban J connectivity index is 2.04. The number of hydrogen-bond donors (Lipinski definition) is 2. The van der Waals surface area contributed by atoms with E-state index in [1.165, 1.54) is 0 Å². The van der Waals surface area contributed by atoms with E-state index in [0.717, 1.165) is 5.56 Å². The van der Waals surface area contributed by atoms with Gasteiger partial charge in [0.25, 0.3) is 0 Å². The van der Waals surface area contributed by atoms with Gasteiger partial charge in [-0.3, -0.25) is 4.99 Å². The highest BCUT2D eigenvalue weighted by Gasteiger charge is 2.09. The monoisotopic (exact) mass is 213 g/mol. The van der Waals surface area contributed by atoms with Crippen LogP contribution in [-0.2, 0) is 0 Å². The second-order valence-corrected chi connectivity index (χ2v) is 3.58. The van der Waals surface area contributed by atoms with Crippen molar-refractivity contribution in [1.29, 1.82) is 0 Å². The molecule has 0 aliphatic heterocycles. The van der Waals surface area contributed by atoms with Gasteiger partial charge in [-0.05, 0) is 11.0 Å². The zero-order chi connectivity index (χ0) is 11.4. The Labute approximate surface area is 94.6 Å². The molecule has 2 N–H and O–H groups in total. The number of benzene rings is 1. The average molecular weight is 213 g/mol. The predicted molar refractivity (Wildman–Crippen MR) is 65.9 cm³/mol. The van der Waals surface area contributed by atoms with Gasteiger partial charge in [0, 0.05) is 6.21 Å². The quantitative estimate of drug-likeness (QED) is 0.559. The van der Waals surface area contributed by atoms with E-state index in [1.807, 2.05) is 24.3 Å². The van der Waals surface area contributed by atoms with Crippen molar-refractivity contribution in [3.05, 3.63) is 54.1 Å². The topological polar surface area (TPSA) is 52.8 Å². The van der Waals surface area contributed by atoms with Crippen LogP contribution in [0.4, 0.5) is 0 Å². The summed E-state index contributed by atoms with van der Waals surface area (Å²) >= 11 is 0. The third-order valence-corrected chi connectivity index (χ3v) is 2.36. The third-order valence-electron chi connectivity index (χ3n) is 2.36. The first-order valence-electron chi connectivity index (χ1n) is 5.10. The lowest BCUT2D eigenvalue weighted by Gasteiger charge is -2.00. The van der Waals surface area contributed by atoms with E-state index < -0.39 is 7.12 Å². The number of rotatable bonds is 3. The molecular weight excluding hydrogens is 201 g/mol. The average Bonchev–Trinajstić information content (AvgIpc) is 2.80. The first-order chi connectivity index (χ1) is 7.75. The highest BCUT2D eigenvalue weighted by Crippen LogP contribution is 2.04. The molecule has 0 heterocycles. The molecule has 0 saturated carbocycles. The van der Waals surface area contributed by atoms with E-state index in [0.29, 0.717) is 5.46 Å². The minimum Gasteiger partial charge on any atom is -0.423 e. The predicted octanol–water partition coefficient (Wildman–Crippen LogP) is 0.280. The first kappa shape index (κ1) is 10.9. The van der Waals surface area contributed by atoms with Crippen LogP contribution in [0.1, 0.15) is 5.56 Å². The summed E-state index contributed by atoms with van der Waals surface area (Å²) in [5.74, 6) is 0. The minimum atomic E-state index is -1.41. The Bertz CT molecular complexity index is 423. The van der Waals surface area contributed by atoms with Crippen LogP contribution >= 0.6 is 0 Å². The van der Waals surface area contributed by atoms with Gasteiger partial charge in [-0.1, -0.05) is 48.6 Å². The molecule has 0 saturated heterocycles. The van der Waals surface area contributed by atoms with Gasteiger partial charge >= 0.3 is 7.12 Å². The molecule has 0 spiro atoms. The van der Waals surface area contributed by atoms with Crippen molar-refractivity contribution in [2.24, 2.45) is 4.99 Å². The molecule has 1 aliphatic rings. The third kappa shape index (κ3) is 2.69. The number of allylic oxidation sites excluding steroid dienone is 2. The van der Waals surface area contributed by atoms with Crippen LogP contribution in [0, 0.1) is 0 Å². The zero-order valence-electron chi connectivity index (χ0n) is 8.69. The summed E-state index contributed by atoms with van der Waals surface area (Å²) in [6, 6.07) is 7.09. The van der Waals surface area contributed by atoms with Crippen LogP contribution in [0.15, 0.2) is 53.6 Å². The van der Waals surface area contributed by atoms with Gasteiger partial charge in [0.15, 0.2) is 0 Å². The molecule has 4 heteroatoms. The SMILES string of the molecule is OB(O)c1ccc(C=NC2C=CC=C2)cc1. The second kappa shape index (κ2) is 4.92. The molecule has 16 heavy (non-hydrogen) atoms. The van der Waals surface area contributed by atoms with E-state index in [-0.39, 0.29) is 6.04 Å². The number of hydrogen-bond acceptors (Lipinski definition) is 3. The lowest BCUT2D eigenvalue weighted by Crippen LogP contribution is -2.29. The summed E-state index contributed by atoms with van der Waals surface area (Å²) in [4.78, 5) is 4.34. The van der Waals surface area contributed by atoms with Crippen molar-refractivity contribution in [2.75, 3.05) is 0 Å². The van der Waals surface area contributed by atoms with Crippen molar-refractivity contribution in [3.63, 3.8) is 0 Å². The van der Waals surface area contributed by atoms with Crippen molar-refractivity contribution >= 4 is 18.8 Å². The molecule has 0 aromatic heterocycles. The van der Waals surface area contributed by atoms with Crippen LogP contribution in [0.3, 0.4) is 0 Å². The first-order valence-corrected chi connectivity index (χ1v) is 5.10. The molecular formula is C12H12BNO2. The maximum atomic E-state index is 8.92. The van der Waals surface area contributed by atoms with Gasteiger partial charge in [-0.15, -0.1) is 0 Å². The van der Waals surface area contributed by atoms with Gasteiger partial charge < -0.3 is 10.0 Å². The van der Waals surface area contributed by atoms with Crippen LogP contribution in [-0.4, -0.2) is 29.4 Å². The minimum absolute atomic E-state index is 0.128. The summed E-state index contributed by atoms with van der Waals surface area (Å²) in [5, 5.41) is 17.8. The second-order valence-electron chi connectivity index (χ2n) is 3.58. The van der Waals surface area contributed by atoms with Gasteiger partial charge in [0.2, 0.25) is 0 Å². The molecule has 1 aromatic carbocycles. The van der Waals surface area contributed by atoms with Crippen LogP contribution in [0.2, 0.25) is 0 Å². The lowest BCUT2D eigenvalue weighted by atomic mass is 9.80. The molecule has 0 fully saturated rings. The number of nitrogens with zero attached hydrogens (tertiary/aromatic N) is 1. The maximum Gasteiger partial charge on any atom is 0.488 e. The zero-order valence-corrected chi connectivity index (χ0v) is 8.69. The summed E-state index contributed by atoms with van der Waals surface area (Å²) in [7, 11) is -1.41. The summed E-state index contributed by atoms with van der Waals surface area (Å²) in [5.41, 5.74) is 1.43. The summed E-state index contributed by atoms with van der Waals surface area (Å²) < 4.78 is 0. The van der Waals surface area contributed by atoms with Crippen molar-refractivity contribution in [2.45, 2.75) is 6.04 Å². The number of aliphatic imine (C=N–C) groups is 1. The Morgan fingerprint density at radius 3 is 2.25 bits per heavy atom. The summed E-state index contributed by atoms with van der Waals surface area (Å²) in [6.45, 7) is 0. The van der Waals surface area contributed by atoms with Gasteiger partial charge in [-0.25, -0.2) is 0 Å². The Hall–Kier alpha value is -1.65. The molecule has 1 aromatic rings. The van der Waals surface area contributed by atoms with Crippen LogP contribution in [0.5, 0.6) is 0 Å². The highest BCUT2D eigenvalue weighted by atomic mass is 16.4. The van der Waals surface area contributed by atoms with E-state index in [4.69, 9.17) is 10.0 Å². The fraction of sp³-hybridized carbons (Fsp3) is 0.0833. The van der Waals surface area contributed by atoms with E-state index >= 15 is 0 Å². The molecule has 0 atom stereocenters. The Kier molecular flexibility index (Phi) is 3.34. The lowest BCUT2D eigenvalue weighted by molar-refractivity contribution is 0.426. The molecule has 2 rings (SSSR count). The van der Waals surface area contributed by atoms with Crippen LogP contribution in [0.25, 0.3) is 0 Å². The van der Waals surface area contributed by atoms with E-state index in [1.54, 1.807) is 30.5 Å². The van der Waals surface area contributed by atoms with E-state index in [2.05, 4.69) is 4.99 Å². The maximum absolute atomic E-state index is 8.92. The van der Waals surface area contributed by atoms with Crippen LogP contribution < -0.4 is 5.46 Å². The largest absolute Gasteiger partial charge is 0.488 e. The smallest absolute Gasteiger partial charge is 0.423 e. The Morgan fingerprint density at radius 2 is 1.69 bits per heavy atom. The Morgan fingerprint density at radius 1 is 1.06 bits per heavy atom. The normalized spacial score (nSPS) is 15.1. The fourth-order valence-corrected chi connectivity index (χ4v) is 1.45. The molecule has 80 valence electrons. The molecule has 0 unspecified atom stereocenters. The van der Waals surface area contributed by atoms with Crippen molar-refractivity contribution < 1.29 is 10.0 Å². The molecule has 0 radical (unpaired) electrons. The highest BCUT2D eigenvalue weighted by molar-refractivity contribution is 6.58. The molecule has 0 amide bonds. The molecule has 0 bridgehead atoms. The van der Waals surface area contributed by atoms with Gasteiger partial charge in [0.1, 0.15) is 0 Å². The fourth-order valence-electron chi connectivity index (χ4n) is 1.45. The van der Waals surface area contributed by atoms with Crippen molar-refractivity contribution in [1.82, 2.24) is 0 Å². The van der Waals surface area contributed by atoms with Crippen molar-refractivity contribution in [3.8, 4) is 0 Å². The summed E-state index contributed by atoms with van der Waals surface area (Å²) in [6.07, 6.45) is 9.71.